The lowest BCUT2D eigenvalue weighted by molar-refractivity contribution is 0.632. The van der Waals surface area contributed by atoms with Gasteiger partial charge in [0.1, 0.15) is 11.2 Å². The van der Waals surface area contributed by atoms with E-state index in [1.807, 2.05) is 12.1 Å². The van der Waals surface area contributed by atoms with Crippen molar-refractivity contribution in [1.29, 1.82) is 0 Å². The van der Waals surface area contributed by atoms with Crippen molar-refractivity contribution in [3.05, 3.63) is 40.8 Å². The van der Waals surface area contributed by atoms with Crippen molar-refractivity contribution in [2.45, 2.75) is 0 Å². The first-order valence-electron chi connectivity index (χ1n) is 6.78. The van der Waals surface area contributed by atoms with Crippen LogP contribution < -0.4 is 21.3 Å². The maximum Gasteiger partial charge on any atom is 0.154 e. The third-order valence-electron chi connectivity index (χ3n) is 3.40. The topological polar surface area (TPSA) is 61.7 Å². The Kier molecular flexibility index (Phi) is 3.51. The number of hydrogen-bond acceptors (Lipinski definition) is 5. The maximum absolute atomic E-state index is 13.9. The van der Waals surface area contributed by atoms with Gasteiger partial charge in [-0.3, -0.25) is 9.98 Å². The summed E-state index contributed by atoms with van der Waals surface area (Å²) in [6, 6.07) is 6.86. The molecule has 0 radical (unpaired) electrons. The van der Waals surface area contributed by atoms with E-state index >= 15 is 0 Å². The minimum Gasteiger partial charge on any atom is -0.386 e. The SMILES string of the molecule is CNc1ccc(-c2cc3c(c(NC)n2)=NCCN=3)cc1F. The van der Waals surface area contributed by atoms with Crippen molar-refractivity contribution in [2.75, 3.05) is 37.8 Å². The molecule has 6 heteroatoms. The first kappa shape index (κ1) is 13.5. The van der Waals surface area contributed by atoms with Crippen molar-refractivity contribution < 1.29 is 4.39 Å². The predicted molar refractivity (Wildman–Crippen MR) is 80.8 cm³/mol. The minimum absolute atomic E-state index is 0.304. The fourth-order valence-corrected chi connectivity index (χ4v) is 2.33. The fraction of sp³-hybridized carbons (Fsp3) is 0.267. The number of benzene rings is 1. The maximum atomic E-state index is 13.9. The van der Waals surface area contributed by atoms with E-state index in [1.54, 1.807) is 20.2 Å². The van der Waals surface area contributed by atoms with Crippen molar-refractivity contribution in [3.8, 4) is 11.3 Å². The van der Waals surface area contributed by atoms with Gasteiger partial charge in [0.15, 0.2) is 5.82 Å². The molecule has 2 N–H and O–H groups in total. The van der Waals surface area contributed by atoms with Crippen LogP contribution in [0.1, 0.15) is 0 Å². The summed E-state index contributed by atoms with van der Waals surface area (Å²) in [5, 5.41) is 7.41. The molecule has 0 aliphatic carbocycles. The molecule has 0 atom stereocenters. The van der Waals surface area contributed by atoms with E-state index in [4.69, 9.17) is 0 Å². The number of anilines is 2. The molecule has 0 unspecified atom stereocenters. The minimum atomic E-state index is -0.304. The molecule has 108 valence electrons. The lowest BCUT2D eigenvalue weighted by Gasteiger charge is -2.09. The van der Waals surface area contributed by atoms with Crippen LogP contribution in [0.15, 0.2) is 34.3 Å². The molecule has 2 aromatic rings. The third-order valence-corrected chi connectivity index (χ3v) is 3.40. The monoisotopic (exact) mass is 285 g/mol. The van der Waals surface area contributed by atoms with Crippen LogP contribution in [0.5, 0.6) is 0 Å². The van der Waals surface area contributed by atoms with Crippen LogP contribution in [0.2, 0.25) is 0 Å². The van der Waals surface area contributed by atoms with E-state index in [0.717, 1.165) is 10.7 Å². The van der Waals surface area contributed by atoms with E-state index in [-0.39, 0.29) is 5.82 Å². The van der Waals surface area contributed by atoms with Gasteiger partial charge in [-0.2, -0.15) is 0 Å². The van der Waals surface area contributed by atoms with Gasteiger partial charge in [-0.25, -0.2) is 9.37 Å². The molecule has 0 amide bonds. The highest BCUT2D eigenvalue weighted by Gasteiger charge is 2.10. The number of halogens is 1. The number of pyridine rings is 1. The van der Waals surface area contributed by atoms with Crippen LogP contribution in [-0.2, 0) is 0 Å². The highest BCUT2D eigenvalue weighted by atomic mass is 19.1. The Morgan fingerprint density at radius 2 is 1.86 bits per heavy atom. The standard InChI is InChI=1S/C15H16FN5/c1-17-11-4-3-9(7-10(11)16)12-8-13-14(15(18-2)21-12)20-6-5-19-13/h3-4,7-8,17H,5-6H2,1-2H3,(H,18,21). The highest BCUT2D eigenvalue weighted by molar-refractivity contribution is 5.64. The third kappa shape index (κ3) is 2.44. The van der Waals surface area contributed by atoms with Crippen molar-refractivity contribution >= 4 is 11.5 Å². The summed E-state index contributed by atoms with van der Waals surface area (Å²) < 4.78 is 13.9. The largest absolute Gasteiger partial charge is 0.386 e. The van der Waals surface area contributed by atoms with Gasteiger partial charge in [0.2, 0.25) is 0 Å². The first-order valence-corrected chi connectivity index (χ1v) is 6.78. The smallest absolute Gasteiger partial charge is 0.154 e. The van der Waals surface area contributed by atoms with Crippen LogP contribution in [0.4, 0.5) is 15.9 Å². The lowest BCUT2D eigenvalue weighted by Crippen LogP contribution is -2.33. The van der Waals surface area contributed by atoms with Gasteiger partial charge in [0.25, 0.3) is 0 Å². The number of rotatable bonds is 3. The van der Waals surface area contributed by atoms with Crippen LogP contribution in [-0.4, -0.2) is 32.2 Å². The van der Waals surface area contributed by atoms with Crippen molar-refractivity contribution in [1.82, 2.24) is 4.98 Å². The average molecular weight is 285 g/mol. The molecule has 0 bridgehead atoms. The van der Waals surface area contributed by atoms with Gasteiger partial charge in [-0.15, -0.1) is 0 Å². The second kappa shape index (κ2) is 5.47. The Morgan fingerprint density at radius 1 is 1.05 bits per heavy atom. The average Bonchev–Trinajstić information content (AvgIpc) is 2.53. The molecule has 0 fully saturated rings. The van der Waals surface area contributed by atoms with Gasteiger partial charge < -0.3 is 10.6 Å². The molecular formula is C15H16FN5. The Labute approximate surface area is 121 Å². The zero-order valence-corrected chi connectivity index (χ0v) is 11.9. The second-order valence-electron chi connectivity index (χ2n) is 4.68. The number of nitrogens with zero attached hydrogens (tertiary/aromatic N) is 3. The second-order valence-corrected chi connectivity index (χ2v) is 4.68. The van der Waals surface area contributed by atoms with Gasteiger partial charge in [0, 0.05) is 19.7 Å². The molecule has 1 aliphatic rings. The molecule has 1 aromatic carbocycles. The Bertz CT molecular complexity index is 800. The Hall–Kier alpha value is -2.50. The molecule has 0 saturated carbocycles. The zero-order valence-electron chi connectivity index (χ0n) is 11.9. The number of hydrogen-bond donors (Lipinski definition) is 2. The molecular weight excluding hydrogens is 269 g/mol. The molecule has 0 spiro atoms. The van der Waals surface area contributed by atoms with Gasteiger partial charge in [-0.1, -0.05) is 6.07 Å². The molecule has 1 aliphatic heterocycles. The summed E-state index contributed by atoms with van der Waals surface area (Å²) in [6.07, 6.45) is 0. The molecule has 3 rings (SSSR count). The number of nitrogens with one attached hydrogen (secondary N) is 2. The Morgan fingerprint density at radius 3 is 2.57 bits per heavy atom. The molecule has 5 nitrogen and oxygen atoms in total. The van der Waals surface area contributed by atoms with Gasteiger partial charge in [0.05, 0.1) is 29.8 Å². The van der Waals surface area contributed by atoms with E-state index in [9.17, 15) is 4.39 Å². The van der Waals surface area contributed by atoms with Crippen LogP contribution in [0.3, 0.4) is 0 Å². The molecule has 1 aromatic heterocycles. The molecule has 0 saturated heterocycles. The quantitative estimate of drug-likeness (QED) is 0.891. The highest BCUT2D eigenvalue weighted by Crippen LogP contribution is 2.22. The van der Waals surface area contributed by atoms with Gasteiger partial charge in [-0.05, 0) is 18.2 Å². The van der Waals surface area contributed by atoms with Gasteiger partial charge >= 0.3 is 0 Å². The zero-order chi connectivity index (χ0) is 14.8. The Balaban J connectivity index is 2.18. The fourth-order valence-electron chi connectivity index (χ4n) is 2.33. The summed E-state index contributed by atoms with van der Waals surface area (Å²) >= 11 is 0. The van der Waals surface area contributed by atoms with Crippen LogP contribution in [0.25, 0.3) is 11.3 Å². The molecule has 21 heavy (non-hydrogen) atoms. The van der Waals surface area contributed by atoms with E-state index in [1.165, 1.54) is 6.07 Å². The normalized spacial score (nSPS) is 12.9. The number of aromatic nitrogens is 1. The van der Waals surface area contributed by atoms with Crippen molar-refractivity contribution in [3.63, 3.8) is 0 Å². The van der Waals surface area contributed by atoms with E-state index < -0.39 is 0 Å². The van der Waals surface area contributed by atoms with E-state index in [0.29, 0.717) is 35.9 Å². The van der Waals surface area contributed by atoms with Crippen LogP contribution >= 0.6 is 0 Å². The number of fused-ring (bicyclic) bond motifs is 1. The summed E-state index contributed by atoms with van der Waals surface area (Å²) in [7, 11) is 3.48. The first-order chi connectivity index (χ1) is 10.2. The summed E-state index contributed by atoms with van der Waals surface area (Å²) in [5.41, 5.74) is 1.86. The predicted octanol–water partition coefficient (Wildman–Crippen LogP) is 1.22. The molecule has 2 heterocycles. The summed E-state index contributed by atoms with van der Waals surface area (Å²) in [6.45, 7) is 1.35. The van der Waals surface area contributed by atoms with Crippen LogP contribution in [0, 0.1) is 5.82 Å². The lowest BCUT2D eigenvalue weighted by atomic mass is 10.1. The summed E-state index contributed by atoms with van der Waals surface area (Å²) in [5.74, 6) is 0.367. The summed E-state index contributed by atoms with van der Waals surface area (Å²) in [4.78, 5) is 13.4. The van der Waals surface area contributed by atoms with Crippen molar-refractivity contribution in [2.24, 2.45) is 9.98 Å². The van der Waals surface area contributed by atoms with E-state index in [2.05, 4.69) is 25.6 Å².